The molecule has 0 aromatic heterocycles. The van der Waals surface area contributed by atoms with Crippen molar-refractivity contribution >= 4 is 31.7 Å². The minimum absolute atomic E-state index is 0.0756. The summed E-state index contributed by atoms with van der Waals surface area (Å²) in [5.74, 6) is -0.0378. The minimum atomic E-state index is -3.53. The van der Waals surface area contributed by atoms with Crippen molar-refractivity contribution in [3.05, 3.63) is 29.8 Å². The first-order valence-electron chi connectivity index (χ1n) is 6.57. The number of hydrogen-bond acceptors (Lipinski definition) is 3. The van der Waals surface area contributed by atoms with Gasteiger partial charge < -0.3 is 0 Å². The molecular formula is C14H18BrNO3S. The molecule has 0 unspecified atom stereocenters. The normalized spacial score (nSPS) is 25.4. The summed E-state index contributed by atoms with van der Waals surface area (Å²) in [6.07, 6.45) is 0.562. The maximum atomic E-state index is 12.6. The summed E-state index contributed by atoms with van der Waals surface area (Å²) in [5.41, 5.74) is 1.02. The van der Waals surface area contributed by atoms with E-state index in [2.05, 4.69) is 15.9 Å². The number of Topliss-reactive ketones (excluding diaryl/α,β-unsaturated/α-hetero) is 1. The van der Waals surface area contributed by atoms with Crippen molar-refractivity contribution in [3.8, 4) is 0 Å². The number of rotatable bonds is 2. The third-order valence-electron chi connectivity index (χ3n) is 3.63. The molecule has 2 rings (SSSR count). The van der Waals surface area contributed by atoms with Gasteiger partial charge in [-0.25, -0.2) is 8.42 Å². The second-order valence-corrected chi connectivity index (χ2v) is 8.28. The molecule has 0 N–H and O–H groups in total. The minimum Gasteiger partial charge on any atom is -0.298 e. The van der Waals surface area contributed by atoms with E-state index in [1.165, 1.54) is 4.31 Å². The topological polar surface area (TPSA) is 54.5 Å². The van der Waals surface area contributed by atoms with Gasteiger partial charge in [0.1, 0.15) is 0 Å². The Morgan fingerprint density at radius 3 is 2.45 bits per heavy atom. The Balaban J connectivity index is 2.29. The smallest absolute Gasteiger partial charge is 0.243 e. The molecule has 1 aromatic rings. The number of nitrogens with zero attached hydrogens (tertiary/aromatic N) is 1. The molecule has 1 saturated heterocycles. The van der Waals surface area contributed by atoms with Crippen molar-refractivity contribution in [1.82, 2.24) is 4.31 Å². The highest BCUT2D eigenvalue weighted by Crippen LogP contribution is 2.24. The van der Waals surface area contributed by atoms with E-state index in [-0.39, 0.29) is 23.1 Å². The van der Waals surface area contributed by atoms with Crippen molar-refractivity contribution in [2.75, 3.05) is 13.1 Å². The van der Waals surface area contributed by atoms with Gasteiger partial charge >= 0.3 is 0 Å². The molecule has 20 heavy (non-hydrogen) atoms. The Morgan fingerprint density at radius 1 is 1.25 bits per heavy atom. The first-order chi connectivity index (χ1) is 9.32. The third-order valence-corrected chi connectivity index (χ3v) is 6.25. The Morgan fingerprint density at radius 2 is 1.85 bits per heavy atom. The number of carbonyl (C=O) groups is 1. The first-order valence-corrected chi connectivity index (χ1v) is 8.92. The SMILES string of the molecule is Cc1ccc(S(=O)(=O)N2CC[C@H](C)C(=O)[C@@H](Br)C2)cc1. The molecule has 0 spiro atoms. The van der Waals surface area contributed by atoms with E-state index in [1.807, 2.05) is 13.8 Å². The molecule has 6 heteroatoms. The van der Waals surface area contributed by atoms with Crippen LogP contribution in [-0.4, -0.2) is 36.4 Å². The Bertz CT molecular complexity index is 597. The second kappa shape index (κ2) is 5.95. The summed E-state index contributed by atoms with van der Waals surface area (Å²) in [7, 11) is -3.53. The number of carbonyl (C=O) groups excluding carboxylic acids is 1. The van der Waals surface area contributed by atoms with E-state index < -0.39 is 14.9 Å². The number of ketones is 1. The lowest BCUT2D eigenvalue weighted by Gasteiger charge is -2.21. The molecule has 1 fully saturated rings. The largest absolute Gasteiger partial charge is 0.298 e. The summed E-state index contributed by atoms with van der Waals surface area (Å²) in [6, 6.07) is 6.79. The zero-order valence-corrected chi connectivity index (χ0v) is 13.9. The van der Waals surface area contributed by atoms with E-state index in [4.69, 9.17) is 0 Å². The summed E-state index contributed by atoms with van der Waals surface area (Å²) >= 11 is 3.31. The molecule has 1 heterocycles. The maximum absolute atomic E-state index is 12.6. The van der Waals surface area contributed by atoms with Gasteiger partial charge in [0.25, 0.3) is 0 Å². The average molecular weight is 360 g/mol. The van der Waals surface area contributed by atoms with Gasteiger partial charge in [-0.15, -0.1) is 0 Å². The van der Waals surface area contributed by atoms with Crippen LogP contribution in [0.15, 0.2) is 29.2 Å². The molecule has 1 aliphatic rings. The van der Waals surface area contributed by atoms with Crippen molar-refractivity contribution in [2.24, 2.45) is 5.92 Å². The van der Waals surface area contributed by atoms with E-state index in [9.17, 15) is 13.2 Å². The molecule has 0 bridgehead atoms. The van der Waals surface area contributed by atoms with Crippen LogP contribution in [-0.2, 0) is 14.8 Å². The molecule has 4 nitrogen and oxygen atoms in total. The second-order valence-electron chi connectivity index (χ2n) is 5.24. The first kappa shape index (κ1) is 15.7. The van der Waals surface area contributed by atoms with Crippen LogP contribution in [0, 0.1) is 12.8 Å². The Kier molecular flexibility index (Phi) is 4.66. The van der Waals surface area contributed by atoms with Gasteiger partial charge in [-0.2, -0.15) is 4.31 Å². The zero-order valence-electron chi connectivity index (χ0n) is 11.5. The molecule has 1 aromatic carbocycles. The number of sulfonamides is 1. The third kappa shape index (κ3) is 3.13. The van der Waals surface area contributed by atoms with Crippen LogP contribution in [0.4, 0.5) is 0 Å². The number of aryl methyl sites for hydroxylation is 1. The number of benzene rings is 1. The Labute approximate surface area is 128 Å². The van der Waals surface area contributed by atoms with Crippen molar-refractivity contribution < 1.29 is 13.2 Å². The van der Waals surface area contributed by atoms with Gasteiger partial charge in [-0.05, 0) is 25.5 Å². The molecule has 110 valence electrons. The standard InChI is InChI=1S/C14H18BrNO3S/c1-10-3-5-12(6-4-10)20(18,19)16-8-7-11(2)14(17)13(15)9-16/h3-6,11,13H,7-9H2,1-2H3/t11-,13-/m0/s1. The molecule has 0 radical (unpaired) electrons. The predicted molar refractivity (Wildman–Crippen MR) is 81.4 cm³/mol. The molecule has 0 saturated carbocycles. The molecule has 0 amide bonds. The monoisotopic (exact) mass is 359 g/mol. The number of hydrogen-bond donors (Lipinski definition) is 0. The van der Waals surface area contributed by atoms with Gasteiger partial charge in [-0.1, -0.05) is 40.5 Å². The van der Waals surface area contributed by atoms with Crippen LogP contribution in [0.1, 0.15) is 18.9 Å². The van der Waals surface area contributed by atoms with Crippen LogP contribution in [0.25, 0.3) is 0 Å². The quantitative estimate of drug-likeness (QED) is 0.761. The lowest BCUT2D eigenvalue weighted by atomic mass is 10.0. The fourth-order valence-electron chi connectivity index (χ4n) is 2.23. The van der Waals surface area contributed by atoms with Crippen LogP contribution >= 0.6 is 15.9 Å². The van der Waals surface area contributed by atoms with Gasteiger partial charge in [0, 0.05) is 19.0 Å². The van der Waals surface area contributed by atoms with E-state index in [0.717, 1.165) is 5.56 Å². The number of alkyl halides is 1. The van der Waals surface area contributed by atoms with Crippen molar-refractivity contribution in [2.45, 2.75) is 30.0 Å². The predicted octanol–water partition coefficient (Wildman–Crippen LogP) is 2.36. The summed E-state index contributed by atoms with van der Waals surface area (Å²) < 4.78 is 26.6. The summed E-state index contributed by atoms with van der Waals surface area (Å²) in [6.45, 7) is 4.33. The Hall–Kier alpha value is -0.720. The highest BCUT2D eigenvalue weighted by atomic mass is 79.9. The average Bonchev–Trinajstić information content (AvgIpc) is 2.53. The van der Waals surface area contributed by atoms with Crippen LogP contribution in [0.5, 0.6) is 0 Å². The van der Waals surface area contributed by atoms with E-state index in [1.54, 1.807) is 24.3 Å². The summed E-state index contributed by atoms with van der Waals surface area (Å²) in [5, 5.41) is 0. The van der Waals surface area contributed by atoms with Gasteiger partial charge in [0.15, 0.2) is 5.78 Å². The fourth-order valence-corrected chi connectivity index (χ4v) is 4.69. The number of halogens is 1. The van der Waals surface area contributed by atoms with Crippen LogP contribution < -0.4 is 0 Å². The van der Waals surface area contributed by atoms with Gasteiger partial charge in [-0.3, -0.25) is 4.79 Å². The van der Waals surface area contributed by atoms with Gasteiger partial charge in [0.05, 0.1) is 9.72 Å². The van der Waals surface area contributed by atoms with Gasteiger partial charge in [0.2, 0.25) is 10.0 Å². The lowest BCUT2D eigenvalue weighted by molar-refractivity contribution is -0.121. The fraction of sp³-hybridized carbons (Fsp3) is 0.500. The zero-order chi connectivity index (χ0) is 14.9. The molecule has 1 aliphatic heterocycles. The highest BCUT2D eigenvalue weighted by Gasteiger charge is 2.34. The van der Waals surface area contributed by atoms with Crippen LogP contribution in [0.2, 0.25) is 0 Å². The van der Waals surface area contributed by atoms with Crippen molar-refractivity contribution in [3.63, 3.8) is 0 Å². The highest BCUT2D eigenvalue weighted by molar-refractivity contribution is 9.10. The van der Waals surface area contributed by atoms with Crippen molar-refractivity contribution in [1.29, 1.82) is 0 Å². The van der Waals surface area contributed by atoms with E-state index >= 15 is 0 Å². The lowest BCUT2D eigenvalue weighted by Crippen LogP contribution is -2.36. The van der Waals surface area contributed by atoms with Crippen LogP contribution in [0.3, 0.4) is 0 Å². The van der Waals surface area contributed by atoms with E-state index in [0.29, 0.717) is 13.0 Å². The molecular weight excluding hydrogens is 342 g/mol. The molecule has 0 aliphatic carbocycles. The maximum Gasteiger partial charge on any atom is 0.243 e. The molecule has 2 atom stereocenters. The summed E-state index contributed by atoms with van der Waals surface area (Å²) in [4.78, 5) is 11.8.